The predicted octanol–water partition coefficient (Wildman–Crippen LogP) is -0.665. The summed E-state index contributed by atoms with van der Waals surface area (Å²) in [5, 5.41) is 7.53. The fourth-order valence-corrected chi connectivity index (χ4v) is 1.82. The molecule has 0 aliphatic carbocycles. The van der Waals surface area contributed by atoms with Crippen LogP contribution in [0.25, 0.3) is 0 Å². The second-order valence-electron chi connectivity index (χ2n) is 3.19. The number of rotatable bonds is 1. The largest absolute Gasteiger partial charge is 0.314 e. The van der Waals surface area contributed by atoms with E-state index in [1.807, 2.05) is 0 Å². The summed E-state index contributed by atoms with van der Waals surface area (Å²) in [5.41, 5.74) is 1.10. The molecule has 1 saturated heterocycles. The molecule has 3 heterocycles. The second-order valence-corrected chi connectivity index (χ2v) is 3.19. The fourth-order valence-electron chi connectivity index (χ4n) is 1.82. The summed E-state index contributed by atoms with van der Waals surface area (Å²) >= 11 is 0. The molecule has 6 nitrogen and oxygen atoms in total. The predicted molar refractivity (Wildman–Crippen MR) is 39.6 cm³/mol. The van der Waals surface area contributed by atoms with Crippen molar-refractivity contribution in [2.75, 3.05) is 0 Å². The minimum absolute atomic E-state index is 0.0173. The number of β-lactam (4-membered cyclic amide) rings is 1. The molecule has 1 fully saturated rings. The minimum atomic E-state index is 0.0173. The molecule has 0 radical (unpaired) electrons. The lowest BCUT2D eigenvalue weighted by Gasteiger charge is -2.33. The molecule has 13 heavy (non-hydrogen) atoms. The quantitative estimate of drug-likeness (QED) is 0.422. The molecular formula is C7H6N4O2. The second kappa shape index (κ2) is 1.95. The molecule has 1 unspecified atom stereocenters. The maximum Gasteiger partial charge on any atom is 0.228 e. The van der Waals surface area contributed by atoms with Crippen molar-refractivity contribution >= 4 is 12.2 Å². The number of amides is 1. The molecule has 2 aliphatic rings. The van der Waals surface area contributed by atoms with Gasteiger partial charge in [0, 0.05) is 0 Å². The van der Waals surface area contributed by atoms with Gasteiger partial charge in [0.2, 0.25) is 5.91 Å². The highest BCUT2D eigenvalue weighted by Crippen LogP contribution is 2.37. The van der Waals surface area contributed by atoms with Crippen LogP contribution in [0.4, 0.5) is 0 Å². The highest BCUT2D eigenvalue weighted by Gasteiger charge is 2.45. The zero-order chi connectivity index (χ0) is 9.00. The molecule has 66 valence electrons. The molecule has 2 aliphatic heterocycles. The van der Waals surface area contributed by atoms with Crippen molar-refractivity contribution in [1.29, 1.82) is 0 Å². The van der Waals surface area contributed by atoms with Gasteiger partial charge in [0.05, 0.1) is 18.7 Å². The average molecular weight is 178 g/mol. The lowest BCUT2D eigenvalue weighted by molar-refractivity contribution is -0.149. The van der Waals surface area contributed by atoms with Crippen LogP contribution in [0.1, 0.15) is 28.8 Å². The van der Waals surface area contributed by atoms with E-state index in [1.54, 1.807) is 9.58 Å². The fraction of sp³-hybridized carbons (Fsp3) is 0.429. The first kappa shape index (κ1) is 6.76. The number of aromatic nitrogens is 3. The first-order valence-electron chi connectivity index (χ1n) is 4.00. The maximum atomic E-state index is 11.1. The molecule has 0 N–H and O–H groups in total. The zero-order valence-electron chi connectivity index (χ0n) is 6.67. The summed E-state index contributed by atoms with van der Waals surface area (Å²) in [6.45, 7) is 0.477. The summed E-state index contributed by atoms with van der Waals surface area (Å²) in [7, 11) is 0. The Balaban J connectivity index is 2.09. The van der Waals surface area contributed by atoms with Crippen LogP contribution in [0, 0.1) is 0 Å². The number of hydrogen-bond acceptors (Lipinski definition) is 4. The van der Waals surface area contributed by atoms with Crippen LogP contribution in [0.2, 0.25) is 0 Å². The molecule has 0 aromatic carbocycles. The van der Waals surface area contributed by atoms with Crippen molar-refractivity contribution in [2.45, 2.75) is 19.1 Å². The first-order chi connectivity index (χ1) is 6.31. The third kappa shape index (κ3) is 0.636. The molecule has 1 aromatic rings. The molecule has 0 bridgehead atoms. The third-order valence-electron chi connectivity index (χ3n) is 2.57. The lowest BCUT2D eigenvalue weighted by Crippen LogP contribution is -2.43. The molecule has 1 atom stereocenters. The van der Waals surface area contributed by atoms with Gasteiger partial charge in [0.25, 0.3) is 0 Å². The van der Waals surface area contributed by atoms with E-state index in [0.717, 1.165) is 5.69 Å². The summed E-state index contributed by atoms with van der Waals surface area (Å²) in [6.07, 6.45) is 1.17. The SMILES string of the molecule is O=Cc1nnn2c1CN1C(=O)CC12. The van der Waals surface area contributed by atoms with Crippen LogP contribution in [0.15, 0.2) is 0 Å². The van der Waals surface area contributed by atoms with Crippen LogP contribution in [0.5, 0.6) is 0 Å². The third-order valence-corrected chi connectivity index (χ3v) is 2.57. The van der Waals surface area contributed by atoms with Crippen LogP contribution in [0.3, 0.4) is 0 Å². The van der Waals surface area contributed by atoms with Crippen LogP contribution < -0.4 is 0 Å². The number of carbonyl (C=O) groups is 2. The van der Waals surface area contributed by atoms with Crippen molar-refractivity contribution in [3.05, 3.63) is 11.4 Å². The van der Waals surface area contributed by atoms with Crippen molar-refractivity contribution in [1.82, 2.24) is 19.9 Å². The van der Waals surface area contributed by atoms with Gasteiger partial charge in [-0.15, -0.1) is 5.10 Å². The van der Waals surface area contributed by atoms with E-state index in [4.69, 9.17) is 0 Å². The Morgan fingerprint density at radius 2 is 2.38 bits per heavy atom. The average Bonchev–Trinajstić information content (AvgIpc) is 2.62. The van der Waals surface area contributed by atoms with Gasteiger partial charge in [-0.1, -0.05) is 5.21 Å². The van der Waals surface area contributed by atoms with Crippen molar-refractivity contribution < 1.29 is 9.59 Å². The summed E-state index contributed by atoms with van der Waals surface area (Å²) in [6, 6.07) is 0. The van der Waals surface area contributed by atoms with Gasteiger partial charge in [0.1, 0.15) is 6.17 Å². The lowest BCUT2D eigenvalue weighted by atomic mass is 10.1. The smallest absolute Gasteiger partial charge is 0.228 e. The van der Waals surface area contributed by atoms with Gasteiger partial charge in [-0.05, 0) is 0 Å². The Hall–Kier alpha value is -1.72. The molecule has 1 aromatic heterocycles. The Bertz CT molecular complexity index is 411. The number of carbonyl (C=O) groups excluding carboxylic acids is 2. The van der Waals surface area contributed by atoms with E-state index in [0.29, 0.717) is 24.9 Å². The van der Waals surface area contributed by atoms with Gasteiger partial charge in [-0.2, -0.15) is 0 Å². The highest BCUT2D eigenvalue weighted by atomic mass is 16.2. The standard InChI is InChI=1S/C7H6N4O2/c12-3-4-5-2-10-6(1-7(10)13)11(5)9-8-4/h3,6H,1-2H2. The minimum Gasteiger partial charge on any atom is -0.314 e. The van der Waals surface area contributed by atoms with Gasteiger partial charge < -0.3 is 4.90 Å². The molecule has 6 heteroatoms. The van der Waals surface area contributed by atoms with Gasteiger partial charge in [-0.25, -0.2) is 4.68 Å². The molecule has 0 spiro atoms. The Kier molecular flexibility index (Phi) is 1.02. The van der Waals surface area contributed by atoms with Crippen LogP contribution >= 0.6 is 0 Å². The van der Waals surface area contributed by atoms with Gasteiger partial charge in [0.15, 0.2) is 12.0 Å². The van der Waals surface area contributed by atoms with E-state index < -0.39 is 0 Å². The topological polar surface area (TPSA) is 68.1 Å². The first-order valence-corrected chi connectivity index (χ1v) is 4.00. The molecule has 1 amide bonds. The summed E-state index contributed by atoms with van der Waals surface area (Å²) in [5.74, 6) is 0.118. The van der Waals surface area contributed by atoms with Crippen molar-refractivity contribution in [3.63, 3.8) is 0 Å². The van der Waals surface area contributed by atoms with E-state index >= 15 is 0 Å². The van der Waals surface area contributed by atoms with Crippen LogP contribution in [-0.4, -0.2) is 32.1 Å². The highest BCUT2D eigenvalue weighted by molar-refractivity contribution is 5.83. The van der Waals surface area contributed by atoms with Crippen molar-refractivity contribution in [3.8, 4) is 0 Å². The monoisotopic (exact) mass is 178 g/mol. The van der Waals surface area contributed by atoms with Gasteiger partial charge >= 0.3 is 0 Å². The van der Waals surface area contributed by atoms with E-state index in [-0.39, 0.29) is 12.1 Å². The molecule has 3 rings (SSSR count). The van der Waals surface area contributed by atoms with Gasteiger partial charge in [-0.3, -0.25) is 9.59 Å². The Morgan fingerprint density at radius 3 is 3.08 bits per heavy atom. The normalized spacial score (nSPS) is 23.8. The Labute approximate surface area is 73.1 Å². The summed E-state index contributed by atoms with van der Waals surface area (Å²) in [4.78, 5) is 23.3. The van der Waals surface area contributed by atoms with E-state index in [1.165, 1.54) is 0 Å². The van der Waals surface area contributed by atoms with Crippen LogP contribution in [-0.2, 0) is 11.3 Å². The van der Waals surface area contributed by atoms with E-state index in [9.17, 15) is 9.59 Å². The van der Waals surface area contributed by atoms with Crippen molar-refractivity contribution in [2.24, 2.45) is 0 Å². The number of fused-ring (bicyclic) bond motifs is 3. The Morgan fingerprint density at radius 1 is 1.54 bits per heavy atom. The molecular weight excluding hydrogens is 172 g/mol. The number of aldehydes is 1. The number of nitrogens with zero attached hydrogens (tertiary/aromatic N) is 4. The summed E-state index contributed by atoms with van der Waals surface area (Å²) < 4.78 is 1.66. The van der Waals surface area contributed by atoms with E-state index in [2.05, 4.69) is 10.3 Å². The maximum absolute atomic E-state index is 11.1. The zero-order valence-corrected chi connectivity index (χ0v) is 6.67. The molecule has 0 saturated carbocycles. The number of hydrogen-bond donors (Lipinski definition) is 0.